The third kappa shape index (κ3) is 1.22. The van der Waals surface area contributed by atoms with Crippen molar-refractivity contribution in [2.24, 2.45) is 0 Å². The molecule has 2 heterocycles. The molecule has 0 aromatic carbocycles. The van der Waals surface area contributed by atoms with E-state index in [-0.39, 0.29) is 11.5 Å². The lowest BCUT2D eigenvalue weighted by atomic mass is 10.6. The Balaban J connectivity index is 2.47. The molecule has 2 rings (SSSR count). The van der Waals surface area contributed by atoms with E-state index in [2.05, 4.69) is 10.1 Å². The number of aromatic nitrogens is 3. The van der Waals surface area contributed by atoms with Crippen LogP contribution in [-0.2, 0) is 22.1 Å². The van der Waals surface area contributed by atoms with Crippen LogP contribution >= 0.6 is 0 Å². The molecule has 0 amide bonds. The van der Waals surface area contributed by atoms with Crippen molar-refractivity contribution in [1.29, 1.82) is 0 Å². The fourth-order valence-corrected chi connectivity index (χ4v) is 2.48. The highest BCUT2D eigenvalue weighted by atomic mass is 32.2. The molecule has 0 radical (unpaired) electrons. The molecule has 0 unspecified atom stereocenters. The number of hydrogen-bond acceptors (Lipinski definition) is 4. The molecule has 12 heavy (non-hydrogen) atoms. The van der Waals surface area contributed by atoms with Gasteiger partial charge in [-0.2, -0.15) is 5.10 Å². The topological polar surface area (TPSA) is 64.8 Å². The average molecular weight is 187 g/mol. The lowest BCUT2D eigenvalue weighted by Gasteiger charge is -2.11. The van der Waals surface area contributed by atoms with Crippen molar-refractivity contribution in [1.82, 2.24) is 14.8 Å². The van der Waals surface area contributed by atoms with E-state index in [0.29, 0.717) is 18.2 Å². The molecular weight excluding hydrogens is 178 g/mol. The van der Waals surface area contributed by atoms with Crippen LogP contribution in [0.3, 0.4) is 0 Å². The molecule has 0 fully saturated rings. The van der Waals surface area contributed by atoms with Gasteiger partial charge in [-0.1, -0.05) is 0 Å². The quantitative estimate of drug-likeness (QED) is 0.550. The van der Waals surface area contributed by atoms with Gasteiger partial charge < -0.3 is 0 Å². The highest BCUT2D eigenvalue weighted by molar-refractivity contribution is 7.90. The first-order valence-electron chi connectivity index (χ1n) is 3.67. The Bertz CT molecular complexity index is 406. The third-order valence-corrected chi connectivity index (χ3v) is 3.32. The molecular formula is C6H9N3O2S. The molecule has 1 aromatic rings. The Labute approximate surface area is 70.3 Å². The summed E-state index contributed by atoms with van der Waals surface area (Å²) in [4.78, 5) is 4.02. The predicted octanol–water partition coefficient (Wildman–Crippen LogP) is -0.485. The van der Waals surface area contributed by atoms with Crippen LogP contribution in [0.2, 0.25) is 0 Å². The second-order valence-corrected chi connectivity index (χ2v) is 5.07. The Morgan fingerprint density at radius 1 is 1.50 bits per heavy atom. The van der Waals surface area contributed by atoms with Crippen molar-refractivity contribution in [3.05, 3.63) is 11.6 Å². The lowest BCUT2D eigenvalue weighted by Crippen LogP contribution is -2.24. The van der Waals surface area contributed by atoms with Gasteiger partial charge in [-0.25, -0.2) is 18.1 Å². The van der Waals surface area contributed by atoms with Crippen LogP contribution in [0.25, 0.3) is 0 Å². The van der Waals surface area contributed by atoms with E-state index < -0.39 is 9.84 Å². The minimum Gasteiger partial charge on any atom is -0.248 e. The molecule has 5 nitrogen and oxygen atoms in total. The number of fused-ring (bicyclic) bond motifs is 1. The first-order chi connectivity index (χ1) is 5.57. The van der Waals surface area contributed by atoms with E-state index in [0.717, 1.165) is 0 Å². The summed E-state index contributed by atoms with van der Waals surface area (Å²) in [5.74, 6) is 1.43. The van der Waals surface area contributed by atoms with E-state index >= 15 is 0 Å². The Hall–Kier alpha value is -0.910. The maximum atomic E-state index is 11.1. The van der Waals surface area contributed by atoms with Gasteiger partial charge in [0.1, 0.15) is 17.4 Å². The van der Waals surface area contributed by atoms with Gasteiger partial charge in [0.25, 0.3) is 0 Å². The molecule has 66 valence electrons. The fourth-order valence-electron chi connectivity index (χ4n) is 1.28. The summed E-state index contributed by atoms with van der Waals surface area (Å²) in [6.45, 7) is 2.20. The molecule has 0 bridgehead atoms. The van der Waals surface area contributed by atoms with Crippen LogP contribution in [0, 0.1) is 6.92 Å². The van der Waals surface area contributed by atoms with Gasteiger partial charge in [0.2, 0.25) is 0 Å². The summed E-state index contributed by atoms with van der Waals surface area (Å²) in [6, 6.07) is 0. The number of hydrogen-bond donors (Lipinski definition) is 0. The fraction of sp³-hybridized carbons (Fsp3) is 0.667. The van der Waals surface area contributed by atoms with E-state index in [4.69, 9.17) is 0 Å². The second-order valence-electron chi connectivity index (χ2n) is 2.89. The van der Waals surface area contributed by atoms with E-state index in [1.54, 1.807) is 11.6 Å². The predicted molar refractivity (Wildman–Crippen MR) is 42.2 cm³/mol. The van der Waals surface area contributed by atoms with E-state index in [1.807, 2.05) is 0 Å². The molecule has 0 atom stereocenters. The SMILES string of the molecule is Cc1nc2n(n1)CCS(=O)(=O)C2. The summed E-state index contributed by atoms with van der Waals surface area (Å²) in [5, 5.41) is 4.06. The van der Waals surface area contributed by atoms with Gasteiger partial charge in [0, 0.05) is 0 Å². The number of nitrogens with zero attached hydrogens (tertiary/aromatic N) is 3. The highest BCUT2D eigenvalue weighted by Crippen LogP contribution is 2.11. The molecule has 1 aliphatic heterocycles. The van der Waals surface area contributed by atoms with Crippen LogP contribution in [0.5, 0.6) is 0 Å². The lowest BCUT2D eigenvalue weighted by molar-refractivity contribution is 0.551. The maximum absolute atomic E-state index is 11.1. The Kier molecular flexibility index (Phi) is 1.47. The zero-order valence-corrected chi connectivity index (χ0v) is 7.50. The summed E-state index contributed by atoms with van der Waals surface area (Å²) in [6.07, 6.45) is 0. The van der Waals surface area contributed by atoms with Crippen LogP contribution in [-0.4, -0.2) is 28.9 Å². The number of sulfone groups is 1. The van der Waals surface area contributed by atoms with Crippen LogP contribution in [0.1, 0.15) is 11.6 Å². The van der Waals surface area contributed by atoms with Crippen LogP contribution < -0.4 is 0 Å². The largest absolute Gasteiger partial charge is 0.248 e. The first kappa shape index (κ1) is 7.72. The standard InChI is InChI=1S/C6H9N3O2S/c1-5-7-6-4-12(10,11)3-2-9(6)8-5/h2-4H2,1H3. The Morgan fingerprint density at radius 2 is 2.25 bits per heavy atom. The van der Waals surface area contributed by atoms with Crippen molar-refractivity contribution in [3.8, 4) is 0 Å². The van der Waals surface area contributed by atoms with Crippen LogP contribution in [0.15, 0.2) is 0 Å². The van der Waals surface area contributed by atoms with Crippen molar-refractivity contribution in [3.63, 3.8) is 0 Å². The van der Waals surface area contributed by atoms with Crippen molar-refractivity contribution in [2.75, 3.05) is 5.75 Å². The van der Waals surface area contributed by atoms with Crippen molar-refractivity contribution >= 4 is 9.84 Å². The highest BCUT2D eigenvalue weighted by Gasteiger charge is 2.23. The summed E-state index contributed by atoms with van der Waals surface area (Å²) >= 11 is 0. The van der Waals surface area contributed by atoms with Gasteiger partial charge >= 0.3 is 0 Å². The zero-order valence-electron chi connectivity index (χ0n) is 6.69. The summed E-state index contributed by atoms with van der Waals surface area (Å²) in [7, 11) is -2.91. The summed E-state index contributed by atoms with van der Waals surface area (Å²) in [5.41, 5.74) is 0. The van der Waals surface area contributed by atoms with Crippen molar-refractivity contribution < 1.29 is 8.42 Å². The van der Waals surface area contributed by atoms with Gasteiger partial charge in [-0.15, -0.1) is 0 Å². The normalized spacial score (nSPS) is 20.4. The van der Waals surface area contributed by atoms with E-state index in [9.17, 15) is 8.42 Å². The molecule has 0 N–H and O–H groups in total. The Morgan fingerprint density at radius 3 is 3.00 bits per heavy atom. The second kappa shape index (κ2) is 2.29. The van der Waals surface area contributed by atoms with Crippen LogP contribution in [0.4, 0.5) is 0 Å². The van der Waals surface area contributed by atoms with Gasteiger partial charge in [-0.05, 0) is 6.92 Å². The van der Waals surface area contributed by atoms with Gasteiger partial charge in [0.15, 0.2) is 9.84 Å². The minimum absolute atomic E-state index is 0.0356. The molecule has 6 heteroatoms. The molecule has 0 saturated heterocycles. The smallest absolute Gasteiger partial charge is 0.159 e. The first-order valence-corrected chi connectivity index (χ1v) is 5.50. The van der Waals surface area contributed by atoms with E-state index in [1.165, 1.54) is 0 Å². The zero-order chi connectivity index (χ0) is 8.77. The third-order valence-electron chi connectivity index (χ3n) is 1.82. The number of rotatable bonds is 0. The average Bonchev–Trinajstić information content (AvgIpc) is 2.26. The molecule has 1 aromatic heterocycles. The molecule has 0 aliphatic carbocycles. The molecule has 1 aliphatic rings. The summed E-state index contributed by atoms with van der Waals surface area (Å²) < 4.78 is 23.9. The van der Waals surface area contributed by atoms with Crippen molar-refractivity contribution in [2.45, 2.75) is 19.2 Å². The van der Waals surface area contributed by atoms with Gasteiger partial charge in [-0.3, -0.25) is 0 Å². The number of aryl methyl sites for hydroxylation is 2. The monoisotopic (exact) mass is 187 g/mol. The maximum Gasteiger partial charge on any atom is 0.159 e. The van der Waals surface area contributed by atoms with Gasteiger partial charge in [0.05, 0.1) is 12.3 Å². The molecule has 0 spiro atoms. The minimum atomic E-state index is -2.91. The molecule has 0 saturated carbocycles.